The summed E-state index contributed by atoms with van der Waals surface area (Å²) in [5, 5.41) is 15.1. The fraction of sp³-hybridized carbons (Fsp3) is 0.632. The van der Waals surface area contributed by atoms with Crippen LogP contribution in [0.3, 0.4) is 0 Å². The zero-order valence-corrected chi connectivity index (χ0v) is 17.6. The summed E-state index contributed by atoms with van der Waals surface area (Å²) in [5.41, 5.74) is -0.190. The van der Waals surface area contributed by atoms with Gasteiger partial charge in [-0.15, -0.1) is 4.40 Å². The van der Waals surface area contributed by atoms with Crippen molar-refractivity contribution in [3.8, 4) is 0 Å². The molecule has 4 rings (SSSR count). The Hall–Kier alpha value is -1.92. The molecule has 1 saturated carbocycles. The normalized spacial score (nSPS) is 26.6. The van der Waals surface area contributed by atoms with Crippen LogP contribution in [0.25, 0.3) is 0 Å². The fourth-order valence-corrected chi connectivity index (χ4v) is 5.38. The maximum absolute atomic E-state index is 14.4. The van der Waals surface area contributed by atoms with Crippen LogP contribution in [0.2, 0.25) is 0 Å². The van der Waals surface area contributed by atoms with E-state index in [1.54, 1.807) is 6.92 Å². The van der Waals surface area contributed by atoms with Gasteiger partial charge in [0.05, 0.1) is 18.0 Å². The van der Waals surface area contributed by atoms with E-state index >= 15 is 0 Å². The molecule has 2 heterocycles. The summed E-state index contributed by atoms with van der Waals surface area (Å²) in [6.07, 6.45) is -3.14. The Morgan fingerprint density at radius 2 is 2.03 bits per heavy atom. The number of sulfonamides is 1. The number of nitrogens with zero attached hydrogens (tertiary/aromatic N) is 2. The first-order chi connectivity index (χ1) is 14.5. The number of alkyl halides is 3. The molecule has 3 atom stereocenters. The highest BCUT2D eigenvalue weighted by atomic mass is 32.2. The van der Waals surface area contributed by atoms with Gasteiger partial charge in [-0.2, -0.15) is 21.6 Å². The van der Waals surface area contributed by atoms with E-state index in [1.165, 1.54) is 0 Å². The maximum Gasteiger partial charge on any atom is 0.408 e. The lowest BCUT2D eigenvalue weighted by atomic mass is 9.94. The molecule has 2 aliphatic heterocycles. The van der Waals surface area contributed by atoms with E-state index in [0.29, 0.717) is 6.42 Å². The van der Waals surface area contributed by atoms with E-state index in [0.717, 1.165) is 29.9 Å². The van der Waals surface area contributed by atoms with Crippen LogP contribution in [0.4, 0.5) is 28.9 Å². The molecule has 0 radical (unpaired) electrons. The van der Waals surface area contributed by atoms with Gasteiger partial charge in [-0.25, -0.2) is 4.39 Å². The quantitative estimate of drug-likeness (QED) is 0.580. The van der Waals surface area contributed by atoms with Gasteiger partial charge >= 0.3 is 6.18 Å². The van der Waals surface area contributed by atoms with Gasteiger partial charge in [0.1, 0.15) is 22.6 Å². The number of amidine groups is 1. The lowest BCUT2D eigenvalue weighted by Crippen LogP contribution is -2.56. The first-order valence-corrected chi connectivity index (χ1v) is 11.6. The average Bonchev–Trinajstić information content (AvgIpc) is 3.52. The fourth-order valence-electron chi connectivity index (χ4n) is 4.16. The number of nitrogens with one attached hydrogen (secondary N) is 2. The van der Waals surface area contributed by atoms with Gasteiger partial charge in [-0.1, -0.05) is 0 Å². The second-order valence-electron chi connectivity index (χ2n) is 8.37. The standard InChI is InChI=1S/C19H24F4N4O3S/c1-10(9-28)24-13-4-5-27(16(8-13)19(21,22)23)14-6-12(20)7-15-17(14)25-18(11-2-3-11)26-31(15,29)30/h6-7,10-11,13,16,24,28H,2-5,8-9H2,1H3,(H,25,26)/t10?,13-,16+/m1/s1. The first-order valence-electron chi connectivity index (χ1n) is 10.2. The van der Waals surface area contributed by atoms with Gasteiger partial charge in [0.2, 0.25) is 0 Å². The molecular formula is C19H24F4N4O3S. The summed E-state index contributed by atoms with van der Waals surface area (Å²) in [6.45, 7) is 1.40. The minimum atomic E-state index is -4.62. The first kappa shape index (κ1) is 22.3. The van der Waals surface area contributed by atoms with E-state index in [-0.39, 0.29) is 48.7 Å². The number of aliphatic hydroxyl groups excluding tert-OH is 1. The molecule has 31 heavy (non-hydrogen) atoms. The molecule has 12 heteroatoms. The Balaban J connectivity index is 1.73. The zero-order valence-electron chi connectivity index (χ0n) is 16.8. The van der Waals surface area contributed by atoms with Crippen LogP contribution in [0.15, 0.2) is 21.4 Å². The van der Waals surface area contributed by atoms with Crippen molar-refractivity contribution < 1.29 is 31.1 Å². The minimum Gasteiger partial charge on any atom is -0.395 e. The van der Waals surface area contributed by atoms with E-state index < -0.39 is 39.0 Å². The Morgan fingerprint density at radius 1 is 1.32 bits per heavy atom. The molecule has 1 aromatic carbocycles. The van der Waals surface area contributed by atoms with Crippen molar-refractivity contribution in [2.24, 2.45) is 10.3 Å². The molecule has 3 N–H and O–H groups in total. The molecule has 1 saturated heterocycles. The van der Waals surface area contributed by atoms with Crippen molar-refractivity contribution in [2.75, 3.05) is 23.4 Å². The lowest BCUT2D eigenvalue weighted by molar-refractivity contribution is -0.154. The third kappa shape index (κ3) is 4.51. The van der Waals surface area contributed by atoms with Crippen molar-refractivity contribution in [2.45, 2.75) is 61.8 Å². The van der Waals surface area contributed by atoms with Crippen molar-refractivity contribution in [1.82, 2.24) is 5.32 Å². The molecule has 0 amide bonds. The largest absolute Gasteiger partial charge is 0.408 e. The Morgan fingerprint density at radius 3 is 2.65 bits per heavy atom. The smallest absolute Gasteiger partial charge is 0.395 e. The van der Waals surface area contributed by atoms with Crippen molar-refractivity contribution in [1.29, 1.82) is 0 Å². The van der Waals surface area contributed by atoms with E-state index in [9.17, 15) is 31.1 Å². The predicted octanol–water partition coefficient (Wildman–Crippen LogP) is 2.62. The van der Waals surface area contributed by atoms with Gasteiger partial charge in [0.15, 0.2) is 0 Å². The number of halogens is 4. The van der Waals surface area contributed by atoms with Crippen LogP contribution >= 0.6 is 0 Å². The summed E-state index contributed by atoms with van der Waals surface area (Å²) in [4.78, 5) is 0.573. The van der Waals surface area contributed by atoms with Gasteiger partial charge in [0, 0.05) is 24.5 Å². The maximum atomic E-state index is 14.4. The van der Waals surface area contributed by atoms with Crippen LogP contribution in [0.1, 0.15) is 32.6 Å². The number of fused-ring (bicyclic) bond motifs is 1. The summed E-state index contributed by atoms with van der Waals surface area (Å²) in [6, 6.07) is -1.07. The van der Waals surface area contributed by atoms with Crippen molar-refractivity contribution >= 4 is 27.2 Å². The molecule has 1 unspecified atom stereocenters. The zero-order chi connectivity index (χ0) is 22.6. The summed E-state index contributed by atoms with van der Waals surface area (Å²) >= 11 is 0. The third-order valence-corrected chi connectivity index (χ3v) is 7.16. The van der Waals surface area contributed by atoms with Gasteiger partial charge in [-0.3, -0.25) is 0 Å². The number of benzene rings is 1. The second kappa shape index (κ2) is 7.89. The molecule has 2 fully saturated rings. The number of rotatable bonds is 5. The van der Waals surface area contributed by atoms with Gasteiger partial charge in [-0.05, 0) is 44.7 Å². The average molecular weight is 464 g/mol. The number of hydrogen-bond acceptors (Lipinski definition) is 6. The molecule has 0 aromatic heterocycles. The Kier molecular flexibility index (Phi) is 5.67. The van der Waals surface area contributed by atoms with E-state index in [2.05, 4.69) is 15.0 Å². The van der Waals surface area contributed by atoms with Crippen LogP contribution in [-0.4, -0.2) is 56.8 Å². The number of hydrogen-bond donors (Lipinski definition) is 3. The topological polar surface area (TPSA) is 94.0 Å². The second-order valence-corrected chi connectivity index (χ2v) is 9.94. The molecule has 7 nitrogen and oxygen atoms in total. The molecule has 1 aromatic rings. The molecule has 3 aliphatic rings. The van der Waals surface area contributed by atoms with Crippen LogP contribution in [-0.2, 0) is 10.0 Å². The number of piperidine rings is 1. The highest BCUT2D eigenvalue weighted by Gasteiger charge is 2.48. The number of anilines is 2. The van der Waals surface area contributed by atoms with Crippen LogP contribution < -0.4 is 15.5 Å². The molecule has 1 aliphatic carbocycles. The summed E-state index contributed by atoms with van der Waals surface area (Å²) in [5.74, 6) is -0.842. The third-order valence-electron chi connectivity index (χ3n) is 5.84. The molecule has 172 valence electrons. The van der Waals surface area contributed by atoms with Gasteiger partial charge < -0.3 is 20.6 Å². The highest BCUT2D eigenvalue weighted by molar-refractivity contribution is 7.90. The Bertz CT molecular complexity index is 995. The Labute approximate surface area is 177 Å². The van der Waals surface area contributed by atoms with Crippen LogP contribution in [0, 0.1) is 11.7 Å². The minimum absolute atomic E-state index is 0.0531. The molecule has 0 spiro atoms. The SMILES string of the molecule is CC(CO)N[C@@H]1CCN(c2cc(F)cc3c2NC(C2CC2)=NS3(=O)=O)[C@H](C(F)(F)F)C1. The number of aliphatic hydroxyl groups is 1. The van der Waals surface area contributed by atoms with Crippen molar-refractivity contribution in [3.63, 3.8) is 0 Å². The van der Waals surface area contributed by atoms with Crippen LogP contribution in [0.5, 0.6) is 0 Å². The summed E-state index contributed by atoms with van der Waals surface area (Å²) in [7, 11) is -4.23. The highest BCUT2D eigenvalue weighted by Crippen LogP contribution is 2.44. The predicted molar refractivity (Wildman–Crippen MR) is 107 cm³/mol. The van der Waals surface area contributed by atoms with Crippen molar-refractivity contribution in [3.05, 3.63) is 17.9 Å². The lowest BCUT2D eigenvalue weighted by Gasteiger charge is -2.43. The van der Waals surface area contributed by atoms with E-state index in [4.69, 9.17) is 0 Å². The molecule has 0 bridgehead atoms. The molecular weight excluding hydrogens is 440 g/mol. The van der Waals surface area contributed by atoms with E-state index in [1.807, 2.05) is 0 Å². The van der Waals surface area contributed by atoms with Gasteiger partial charge in [0.25, 0.3) is 10.0 Å². The summed E-state index contributed by atoms with van der Waals surface area (Å²) < 4.78 is 85.3. The monoisotopic (exact) mass is 464 g/mol.